The fourth-order valence-corrected chi connectivity index (χ4v) is 1.22. The molecule has 1 amide bonds. The molecule has 0 saturated carbocycles. The molecule has 0 atom stereocenters. The number of carbonyl (C=O) groups is 1. The fourth-order valence-electron chi connectivity index (χ4n) is 1.22. The van der Waals surface area contributed by atoms with Crippen LogP contribution in [0.4, 0.5) is 0 Å². The lowest BCUT2D eigenvalue weighted by molar-refractivity contribution is -0.126. The summed E-state index contributed by atoms with van der Waals surface area (Å²) in [5.74, 6) is -0.147. The van der Waals surface area contributed by atoms with Crippen LogP contribution in [0.15, 0.2) is 18.9 Å². The fraction of sp³-hybridized carbons (Fsp3) is 0.444. The van der Waals surface area contributed by atoms with E-state index in [-0.39, 0.29) is 5.91 Å². The molecule has 0 aliphatic heterocycles. The maximum atomic E-state index is 11.4. The van der Waals surface area contributed by atoms with Gasteiger partial charge in [-0.15, -0.1) is 5.10 Å². The van der Waals surface area contributed by atoms with Crippen molar-refractivity contribution in [1.82, 2.24) is 19.9 Å². The third-order valence-electron chi connectivity index (χ3n) is 1.89. The molecule has 0 aromatic carbocycles. The SMILES string of the molecule is C=CC(=O)N(CCN)Cc1cn(C)nn1. The van der Waals surface area contributed by atoms with Crippen LogP contribution in [-0.4, -0.2) is 38.9 Å². The van der Waals surface area contributed by atoms with Crippen molar-refractivity contribution >= 4 is 5.91 Å². The van der Waals surface area contributed by atoms with E-state index in [9.17, 15) is 4.79 Å². The third-order valence-corrected chi connectivity index (χ3v) is 1.89. The predicted molar refractivity (Wildman–Crippen MR) is 55.7 cm³/mol. The highest BCUT2D eigenvalue weighted by molar-refractivity contribution is 5.86. The van der Waals surface area contributed by atoms with Crippen LogP contribution in [0.25, 0.3) is 0 Å². The monoisotopic (exact) mass is 209 g/mol. The molecule has 0 unspecified atom stereocenters. The number of carbonyl (C=O) groups excluding carboxylic acids is 1. The quantitative estimate of drug-likeness (QED) is 0.650. The Morgan fingerprint density at radius 3 is 3.00 bits per heavy atom. The van der Waals surface area contributed by atoms with Gasteiger partial charge in [-0.3, -0.25) is 9.48 Å². The molecule has 0 radical (unpaired) electrons. The maximum absolute atomic E-state index is 11.4. The standard InChI is InChI=1S/C9H15N5O/c1-3-9(15)14(5-4-10)7-8-6-13(2)12-11-8/h3,6H,1,4-5,7,10H2,2H3. The summed E-state index contributed by atoms with van der Waals surface area (Å²) in [5.41, 5.74) is 6.15. The highest BCUT2D eigenvalue weighted by atomic mass is 16.2. The largest absolute Gasteiger partial charge is 0.332 e. The number of rotatable bonds is 5. The normalized spacial score (nSPS) is 10.0. The minimum absolute atomic E-state index is 0.147. The van der Waals surface area contributed by atoms with Gasteiger partial charge in [-0.05, 0) is 6.08 Å². The summed E-state index contributed by atoms with van der Waals surface area (Å²) in [5, 5.41) is 7.69. The zero-order valence-electron chi connectivity index (χ0n) is 8.76. The number of aromatic nitrogens is 3. The Hall–Kier alpha value is -1.69. The molecule has 2 N–H and O–H groups in total. The van der Waals surface area contributed by atoms with E-state index in [1.807, 2.05) is 0 Å². The summed E-state index contributed by atoms with van der Waals surface area (Å²) in [7, 11) is 1.78. The third kappa shape index (κ3) is 3.17. The highest BCUT2D eigenvalue weighted by Crippen LogP contribution is 2.00. The second kappa shape index (κ2) is 5.26. The lowest BCUT2D eigenvalue weighted by Crippen LogP contribution is -2.33. The van der Waals surface area contributed by atoms with Crippen molar-refractivity contribution in [2.75, 3.05) is 13.1 Å². The van der Waals surface area contributed by atoms with Gasteiger partial charge in [0.05, 0.1) is 6.54 Å². The number of hydrogen-bond acceptors (Lipinski definition) is 4. The summed E-state index contributed by atoms with van der Waals surface area (Å²) in [6.07, 6.45) is 3.03. The average Bonchev–Trinajstić information content (AvgIpc) is 2.62. The molecule has 0 spiro atoms. The Bertz CT molecular complexity index is 346. The van der Waals surface area contributed by atoms with Gasteiger partial charge >= 0.3 is 0 Å². The molecule has 6 heteroatoms. The smallest absolute Gasteiger partial charge is 0.246 e. The predicted octanol–water partition coefficient (Wildman–Crippen LogP) is -0.712. The van der Waals surface area contributed by atoms with E-state index < -0.39 is 0 Å². The Morgan fingerprint density at radius 2 is 2.53 bits per heavy atom. The van der Waals surface area contributed by atoms with Crippen LogP contribution in [0.1, 0.15) is 5.69 Å². The molecule has 1 aromatic heterocycles. The molecule has 0 aliphatic rings. The summed E-state index contributed by atoms with van der Waals surface area (Å²) >= 11 is 0. The Labute approximate surface area is 88.4 Å². The average molecular weight is 209 g/mol. The second-order valence-electron chi connectivity index (χ2n) is 3.14. The summed E-state index contributed by atoms with van der Waals surface area (Å²) in [6.45, 7) is 4.75. The van der Waals surface area contributed by atoms with Crippen LogP contribution in [0.3, 0.4) is 0 Å². The van der Waals surface area contributed by atoms with Gasteiger partial charge in [0.15, 0.2) is 0 Å². The Kier molecular flexibility index (Phi) is 3.99. The van der Waals surface area contributed by atoms with E-state index in [0.29, 0.717) is 19.6 Å². The first-order valence-corrected chi connectivity index (χ1v) is 4.64. The molecule has 0 bridgehead atoms. The Morgan fingerprint density at radius 1 is 1.80 bits per heavy atom. The van der Waals surface area contributed by atoms with Crippen LogP contribution >= 0.6 is 0 Å². The molecule has 15 heavy (non-hydrogen) atoms. The zero-order chi connectivity index (χ0) is 11.3. The van der Waals surface area contributed by atoms with Crippen molar-refractivity contribution < 1.29 is 4.79 Å². The molecular formula is C9H15N5O. The van der Waals surface area contributed by atoms with Crippen LogP contribution in [0, 0.1) is 0 Å². The first kappa shape index (κ1) is 11.4. The van der Waals surface area contributed by atoms with Gasteiger partial charge in [-0.1, -0.05) is 11.8 Å². The van der Waals surface area contributed by atoms with Crippen molar-refractivity contribution in [2.24, 2.45) is 12.8 Å². The second-order valence-corrected chi connectivity index (χ2v) is 3.14. The van der Waals surface area contributed by atoms with Crippen molar-refractivity contribution in [1.29, 1.82) is 0 Å². The van der Waals surface area contributed by atoms with Gasteiger partial charge in [0.2, 0.25) is 5.91 Å². The van der Waals surface area contributed by atoms with E-state index in [1.165, 1.54) is 6.08 Å². The summed E-state index contributed by atoms with van der Waals surface area (Å²) < 4.78 is 1.59. The van der Waals surface area contributed by atoms with Gasteiger partial charge < -0.3 is 10.6 Å². The molecule has 0 saturated heterocycles. The molecule has 82 valence electrons. The molecular weight excluding hydrogens is 194 g/mol. The van der Waals surface area contributed by atoms with Crippen molar-refractivity contribution in [3.8, 4) is 0 Å². The van der Waals surface area contributed by atoms with Crippen LogP contribution in [-0.2, 0) is 18.4 Å². The topological polar surface area (TPSA) is 77.0 Å². The molecule has 1 heterocycles. The van der Waals surface area contributed by atoms with Gasteiger partial charge in [0, 0.05) is 26.3 Å². The first-order chi connectivity index (χ1) is 7.17. The van der Waals surface area contributed by atoms with E-state index in [4.69, 9.17) is 5.73 Å². The van der Waals surface area contributed by atoms with Crippen molar-refractivity contribution in [3.05, 3.63) is 24.5 Å². The van der Waals surface area contributed by atoms with Gasteiger partial charge in [0.1, 0.15) is 5.69 Å². The minimum Gasteiger partial charge on any atom is -0.332 e. The first-order valence-electron chi connectivity index (χ1n) is 4.64. The van der Waals surface area contributed by atoms with Crippen LogP contribution < -0.4 is 5.73 Å². The van der Waals surface area contributed by atoms with Gasteiger partial charge in [-0.2, -0.15) is 0 Å². The van der Waals surface area contributed by atoms with Crippen LogP contribution in [0.2, 0.25) is 0 Å². The lowest BCUT2D eigenvalue weighted by atomic mass is 10.3. The molecule has 0 fully saturated rings. The number of aryl methyl sites for hydroxylation is 1. The van der Waals surface area contributed by atoms with E-state index in [2.05, 4.69) is 16.9 Å². The lowest BCUT2D eigenvalue weighted by Gasteiger charge is -2.18. The van der Waals surface area contributed by atoms with E-state index in [1.54, 1.807) is 22.8 Å². The zero-order valence-corrected chi connectivity index (χ0v) is 8.76. The van der Waals surface area contributed by atoms with Gasteiger partial charge in [0.25, 0.3) is 0 Å². The van der Waals surface area contributed by atoms with E-state index in [0.717, 1.165) is 5.69 Å². The minimum atomic E-state index is -0.147. The van der Waals surface area contributed by atoms with E-state index >= 15 is 0 Å². The Balaban J connectivity index is 2.65. The van der Waals surface area contributed by atoms with Crippen molar-refractivity contribution in [2.45, 2.75) is 6.54 Å². The maximum Gasteiger partial charge on any atom is 0.246 e. The molecule has 6 nitrogen and oxygen atoms in total. The van der Waals surface area contributed by atoms with Gasteiger partial charge in [-0.25, -0.2) is 0 Å². The molecule has 0 aliphatic carbocycles. The van der Waals surface area contributed by atoms with Crippen molar-refractivity contribution in [3.63, 3.8) is 0 Å². The summed E-state index contributed by atoms with van der Waals surface area (Å²) in [4.78, 5) is 13.0. The van der Waals surface area contributed by atoms with Crippen LogP contribution in [0.5, 0.6) is 0 Å². The number of hydrogen-bond donors (Lipinski definition) is 1. The summed E-state index contributed by atoms with van der Waals surface area (Å²) in [6, 6.07) is 0. The number of nitrogens with zero attached hydrogens (tertiary/aromatic N) is 4. The number of nitrogens with two attached hydrogens (primary N) is 1. The molecule has 1 rings (SSSR count). The number of amides is 1. The highest BCUT2D eigenvalue weighted by Gasteiger charge is 2.11. The molecule has 1 aromatic rings.